The van der Waals surface area contributed by atoms with Gasteiger partial charge in [0.15, 0.2) is 0 Å². The van der Waals surface area contributed by atoms with Crippen molar-refractivity contribution in [2.24, 2.45) is 4.99 Å². The summed E-state index contributed by atoms with van der Waals surface area (Å²) in [4.78, 5) is 33.9. The van der Waals surface area contributed by atoms with Crippen LogP contribution in [0.4, 0.5) is 16.2 Å². The molecule has 0 fully saturated rings. The summed E-state index contributed by atoms with van der Waals surface area (Å²) in [5.41, 5.74) is 10.6. The molecule has 0 spiro atoms. The lowest BCUT2D eigenvalue weighted by molar-refractivity contribution is -0.116. The van der Waals surface area contributed by atoms with Crippen LogP contribution in [0.2, 0.25) is 10.0 Å². The number of aliphatic imine (C=N–C) groups is 1. The molecule has 8 nitrogen and oxygen atoms in total. The number of nitrogens with one attached hydrogen (secondary N) is 2. The Morgan fingerprint density at radius 3 is 2.18 bits per heavy atom. The van der Waals surface area contributed by atoms with Crippen LogP contribution in [0.25, 0.3) is 0 Å². The largest absolute Gasteiger partial charge is 0.493 e. The fourth-order valence-electron chi connectivity index (χ4n) is 5.83. The number of ether oxygens (including phenoxy) is 1. The van der Waals surface area contributed by atoms with Gasteiger partial charge in [0.2, 0.25) is 5.91 Å². The van der Waals surface area contributed by atoms with Crippen LogP contribution in [0.5, 0.6) is 5.75 Å². The predicted octanol–water partition coefficient (Wildman–Crippen LogP) is 9.34. The van der Waals surface area contributed by atoms with Crippen LogP contribution in [0, 0.1) is 0 Å². The van der Waals surface area contributed by atoms with Crippen LogP contribution in [0.15, 0.2) is 96.0 Å². The lowest BCUT2D eigenvalue weighted by Crippen LogP contribution is -2.44. The van der Waals surface area contributed by atoms with Crippen molar-refractivity contribution in [2.45, 2.75) is 64.5 Å². The highest BCUT2D eigenvalue weighted by molar-refractivity contribution is 6.30. The van der Waals surface area contributed by atoms with Crippen molar-refractivity contribution >= 4 is 52.4 Å². The van der Waals surface area contributed by atoms with Gasteiger partial charge in [-0.1, -0.05) is 86.4 Å². The molecule has 0 aromatic heterocycles. The number of halogens is 2. The summed E-state index contributed by atoms with van der Waals surface area (Å²) in [6, 6.07) is 27.1. The minimum atomic E-state index is -0.493. The second-order valence-electron chi connectivity index (χ2n) is 13.0. The van der Waals surface area contributed by atoms with Gasteiger partial charge in [0.1, 0.15) is 17.6 Å². The number of nitrogens with two attached hydrogens (primary N) is 1. The van der Waals surface area contributed by atoms with Crippen LogP contribution in [-0.2, 0) is 10.2 Å². The number of hydrogen-bond donors (Lipinski definition) is 3. The molecule has 1 aliphatic rings. The number of amidine groups is 1. The third-order valence-electron chi connectivity index (χ3n) is 8.44. The molecular weight excluding hydrogens is 657 g/mol. The molecular formula is C39H43Cl2N5O3. The SMILES string of the molecule is CCOc1cc(C(C)(C)C)ccc1C1=NC(c2ccc(Cl)cc2)C(c2ccc(Cl)cc2)N1C(=O)NCCCCC(=O)Nc1ccccc1N. The normalized spacial score (nSPS) is 15.9. The van der Waals surface area contributed by atoms with E-state index in [9.17, 15) is 9.59 Å². The van der Waals surface area contributed by atoms with E-state index in [1.54, 1.807) is 17.0 Å². The first-order valence-corrected chi connectivity index (χ1v) is 17.3. The van der Waals surface area contributed by atoms with Gasteiger partial charge in [-0.2, -0.15) is 0 Å². The van der Waals surface area contributed by atoms with Gasteiger partial charge in [0.25, 0.3) is 0 Å². The van der Waals surface area contributed by atoms with E-state index in [-0.39, 0.29) is 17.4 Å². The number of hydrogen-bond acceptors (Lipinski definition) is 5. The number of carbonyl (C=O) groups is 2. The summed E-state index contributed by atoms with van der Waals surface area (Å²) >= 11 is 12.6. The number of benzene rings is 4. The summed E-state index contributed by atoms with van der Waals surface area (Å²) in [5, 5.41) is 7.16. The Labute approximate surface area is 298 Å². The van der Waals surface area contributed by atoms with Crippen molar-refractivity contribution in [1.82, 2.24) is 10.2 Å². The monoisotopic (exact) mass is 699 g/mol. The average molecular weight is 701 g/mol. The van der Waals surface area contributed by atoms with E-state index in [4.69, 9.17) is 38.7 Å². The van der Waals surface area contributed by atoms with E-state index < -0.39 is 12.1 Å². The molecule has 3 amide bonds. The molecule has 1 heterocycles. The molecule has 5 rings (SSSR count). The maximum absolute atomic E-state index is 14.3. The summed E-state index contributed by atoms with van der Waals surface area (Å²) in [7, 11) is 0. The highest BCUT2D eigenvalue weighted by atomic mass is 35.5. The van der Waals surface area contributed by atoms with E-state index in [2.05, 4.69) is 37.5 Å². The number of anilines is 2. The van der Waals surface area contributed by atoms with Gasteiger partial charge in [-0.05, 0) is 90.4 Å². The van der Waals surface area contributed by atoms with Gasteiger partial charge in [-0.15, -0.1) is 0 Å². The van der Waals surface area contributed by atoms with Crippen molar-refractivity contribution < 1.29 is 14.3 Å². The van der Waals surface area contributed by atoms with Crippen LogP contribution in [-0.4, -0.2) is 35.8 Å². The van der Waals surface area contributed by atoms with Gasteiger partial charge < -0.3 is 21.1 Å². The highest BCUT2D eigenvalue weighted by Crippen LogP contribution is 2.45. The number of carbonyl (C=O) groups excluding carboxylic acids is 2. The molecule has 10 heteroatoms. The molecule has 2 atom stereocenters. The van der Waals surface area contributed by atoms with E-state index >= 15 is 0 Å². The minimum absolute atomic E-state index is 0.110. The van der Waals surface area contributed by atoms with E-state index in [0.29, 0.717) is 65.4 Å². The molecule has 0 bridgehead atoms. The maximum atomic E-state index is 14.3. The third kappa shape index (κ3) is 8.74. The molecule has 49 heavy (non-hydrogen) atoms. The molecule has 4 N–H and O–H groups in total. The first kappa shape index (κ1) is 35.8. The Kier molecular flexibility index (Phi) is 11.5. The molecule has 2 unspecified atom stereocenters. The zero-order valence-corrected chi connectivity index (χ0v) is 29.8. The number of nitrogens with zero attached hydrogens (tertiary/aromatic N) is 2. The topological polar surface area (TPSA) is 109 Å². The van der Waals surface area contributed by atoms with Crippen LogP contribution >= 0.6 is 23.2 Å². The van der Waals surface area contributed by atoms with Crippen molar-refractivity contribution in [3.63, 3.8) is 0 Å². The van der Waals surface area contributed by atoms with Crippen LogP contribution in [0.3, 0.4) is 0 Å². The molecule has 0 saturated heterocycles. The van der Waals surface area contributed by atoms with E-state index in [1.165, 1.54) is 0 Å². The highest BCUT2D eigenvalue weighted by Gasteiger charge is 2.43. The van der Waals surface area contributed by atoms with Crippen LogP contribution in [0.1, 0.15) is 81.3 Å². The standard InChI is InChI=1S/C39H43Cl2N5O3/c1-5-49-33-24-27(39(2,3)4)17-22-30(33)37-45-35(25-13-18-28(40)19-14-25)36(26-15-20-29(41)21-16-26)46(37)38(48)43-23-9-8-12-34(47)44-32-11-7-6-10-31(32)42/h6-7,10-11,13-22,24,35-36H,5,8-9,12,23,42H2,1-4H3,(H,43,48)(H,44,47). The molecule has 0 aliphatic carbocycles. The van der Waals surface area contributed by atoms with Crippen LogP contribution < -0.4 is 21.1 Å². The number of unbranched alkanes of at least 4 members (excludes halogenated alkanes) is 1. The van der Waals surface area contributed by atoms with E-state index in [1.807, 2.05) is 79.7 Å². The van der Waals surface area contributed by atoms with Gasteiger partial charge in [0.05, 0.1) is 29.6 Å². The van der Waals surface area contributed by atoms with Gasteiger partial charge in [0, 0.05) is 23.0 Å². The number of amides is 3. The molecule has 0 radical (unpaired) electrons. The fourth-order valence-corrected chi connectivity index (χ4v) is 6.08. The number of nitrogen functional groups attached to an aromatic ring is 1. The minimum Gasteiger partial charge on any atom is -0.493 e. The quantitative estimate of drug-likeness (QED) is 0.107. The molecule has 1 aliphatic heterocycles. The average Bonchev–Trinajstić information content (AvgIpc) is 3.46. The molecule has 0 saturated carbocycles. The molecule has 256 valence electrons. The Balaban J connectivity index is 1.44. The smallest absolute Gasteiger partial charge is 0.323 e. The number of rotatable bonds is 11. The second-order valence-corrected chi connectivity index (χ2v) is 13.9. The Hall–Kier alpha value is -4.53. The predicted molar refractivity (Wildman–Crippen MR) is 200 cm³/mol. The van der Waals surface area contributed by atoms with Crippen molar-refractivity contribution in [3.8, 4) is 5.75 Å². The summed E-state index contributed by atoms with van der Waals surface area (Å²) < 4.78 is 6.19. The zero-order valence-electron chi connectivity index (χ0n) is 28.3. The van der Waals surface area contributed by atoms with Gasteiger partial charge in [-0.25, -0.2) is 4.79 Å². The van der Waals surface area contributed by atoms with Gasteiger partial charge >= 0.3 is 6.03 Å². The second kappa shape index (κ2) is 15.8. The Morgan fingerprint density at radius 1 is 0.898 bits per heavy atom. The first-order valence-electron chi connectivity index (χ1n) is 16.5. The van der Waals surface area contributed by atoms with E-state index in [0.717, 1.165) is 22.3 Å². The summed E-state index contributed by atoms with van der Waals surface area (Å²) in [6.45, 7) is 9.21. The lowest BCUT2D eigenvalue weighted by Gasteiger charge is -2.30. The van der Waals surface area contributed by atoms with Gasteiger partial charge in [-0.3, -0.25) is 14.7 Å². The Bertz CT molecular complexity index is 1800. The maximum Gasteiger partial charge on any atom is 0.323 e. The van der Waals surface area contributed by atoms with Crippen molar-refractivity contribution in [2.75, 3.05) is 24.2 Å². The lowest BCUT2D eigenvalue weighted by atomic mass is 9.86. The molecule has 4 aromatic rings. The number of urea groups is 1. The third-order valence-corrected chi connectivity index (χ3v) is 8.94. The Morgan fingerprint density at radius 2 is 1.55 bits per heavy atom. The summed E-state index contributed by atoms with van der Waals surface area (Å²) in [6.07, 6.45) is 1.47. The van der Waals surface area contributed by atoms with Crippen molar-refractivity contribution in [1.29, 1.82) is 0 Å². The summed E-state index contributed by atoms with van der Waals surface area (Å²) in [5.74, 6) is 1.03. The first-order chi connectivity index (χ1) is 23.5. The van der Waals surface area contributed by atoms with Crippen molar-refractivity contribution in [3.05, 3.63) is 123 Å². The molecule has 4 aromatic carbocycles. The number of para-hydroxylation sites is 2. The zero-order chi connectivity index (χ0) is 35.1. The fraction of sp³-hybridized carbons (Fsp3) is 0.308.